The molecule has 0 aromatic carbocycles. The second kappa shape index (κ2) is 7.01. The van der Waals surface area contributed by atoms with Gasteiger partial charge in [0.2, 0.25) is 0 Å². The van der Waals surface area contributed by atoms with E-state index in [0.29, 0.717) is 6.61 Å². The molecule has 0 atom stereocenters. The molecule has 1 aromatic heterocycles. The summed E-state index contributed by atoms with van der Waals surface area (Å²) in [6.07, 6.45) is 7.35. The standard InChI is InChI=1S/C14H18BrNO3/c1-18-14(17)11-2-4-13(5-3-11)19-9-10-6-12(15)8-16-7-10/h6-8,11,13H,2-5,9H2,1H3. The van der Waals surface area contributed by atoms with E-state index >= 15 is 0 Å². The minimum atomic E-state index is -0.0883. The van der Waals surface area contributed by atoms with Crippen LogP contribution in [0.1, 0.15) is 31.2 Å². The summed E-state index contributed by atoms with van der Waals surface area (Å²) in [7, 11) is 1.45. The van der Waals surface area contributed by atoms with E-state index in [1.54, 1.807) is 6.20 Å². The molecule has 1 fully saturated rings. The van der Waals surface area contributed by atoms with Crippen molar-refractivity contribution in [3.63, 3.8) is 0 Å². The molecule has 0 bridgehead atoms. The van der Waals surface area contributed by atoms with Gasteiger partial charge in [0.15, 0.2) is 0 Å². The molecule has 1 saturated carbocycles. The van der Waals surface area contributed by atoms with Crippen LogP contribution in [0.4, 0.5) is 0 Å². The Bertz CT molecular complexity index is 430. The molecule has 0 saturated heterocycles. The predicted octanol–water partition coefficient (Wildman–Crippen LogP) is 3.09. The summed E-state index contributed by atoms with van der Waals surface area (Å²) in [6, 6.07) is 2.01. The van der Waals surface area contributed by atoms with Crippen LogP contribution in [-0.2, 0) is 20.9 Å². The molecule has 0 spiro atoms. The highest BCUT2D eigenvalue weighted by Gasteiger charge is 2.27. The lowest BCUT2D eigenvalue weighted by molar-refractivity contribution is -0.147. The normalized spacial score (nSPS) is 23.1. The van der Waals surface area contributed by atoms with Gasteiger partial charge in [0.05, 0.1) is 25.7 Å². The van der Waals surface area contributed by atoms with E-state index in [-0.39, 0.29) is 18.0 Å². The average Bonchev–Trinajstić information content (AvgIpc) is 2.45. The number of hydrogen-bond acceptors (Lipinski definition) is 4. The van der Waals surface area contributed by atoms with E-state index in [1.165, 1.54) is 7.11 Å². The fourth-order valence-electron chi connectivity index (χ4n) is 2.38. The highest BCUT2D eigenvalue weighted by molar-refractivity contribution is 9.10. The Morgan fingerprint density at radius 1 is 1.37 bits per heavy atom. The van der Waals surface area contributed by atoms with E-state index in [9.17, 15) is 4.79 Å². The van der Waals surface area contributed by atoms with Crippen molar-refractivity contribution in [1.82, 2.24) is 4.98 Å². The van der Waals surface area contributed by atoms with Gasteiger partial charge in [-0.05, 0) is 53.2 Å². The zero-order valence-electron chi connectivity index (χ0n) is 11.0. The van der Waals surface area contributed by atoms with Gasteiger partial charge >= 0.3 is 5.97 Å². The third-order valence-electron chi connectivity index (χ3n) is 3.46. The van der Waals surface area contributed by atoms with E-state index < -0.39 is 0 Å². The van der Waals surface area contributed by atoms with Crippen molar-refractivity contribution < 1.29 is 14.3 Å². The summed E-state index contributed by atoms with van der Waals surface area (Å²) in [6.45, 7) is 0.569. The second-order valence-electron chi connectivity index (χ2n) is 4.82. The van der Waals surface area contributed by atoms with Gasteiger partial charge in [-0.2, -0.15) is 0 Å². The molecule has 4 nitrogen and oxygen atoms in total. The van der Waals surface area contributed by atoms with Gasteiger partial charge in [0, 0.05) is 16.9 Å². The molecule has 1 heterocycles. The third-order valence-corrected chi connectivity index (χ3v) is 3.89. The molecule has 5 heteroatoms. The van der Waals surface area contributed by atoms with Crippen molar-refractivity contribution in [2.45, 2.75) is 38.4 Å². The highest BCUT2D eigenvalue weighted by Crippen LogP contribution is 2.27. The minimum absolute atomic E-state index is 0.0531. The number of carbonyl (C=O) groups excluding carboxylic acids is 1. The van der Waals surface area contributed by atoms with Crippen LogP contribution in [0.15, 0.2) is 22.9 Å². The van der Waals surface area contributed by atoms with Crippen molar-refractivity contribution in [2.75, 3.05) is 7.11 Å². The molecule has 1 aliphatic carbocycles. The first kappa shape index (κ1) is 14.5. The van der Waals surface area contributed by atoms with Gasteiger partial charge in [-0.25, -0.2) is 0 Å². The first-order valence-electron chi connectivity index (χ1n) is 6.48. The van der Waals surface area contributed by atoms with Crippen LogP contribution in [0.2, 0.25) is 0 Å². The van der Waals surface area contributed by atoms with E-state index in [1.807, 2.05) is 12.3 Å². The van der Waals surface area contributed by atoms with Crippen molar-refractivity contribution in [1.29, 1.82) is 0 Å². The van der Waals surface area contributed by atoms with Gasteiger partial charge in [0.25, 0.3) is 0 Å². The number of nitrogens with zero attached hydrogens (tertiary/aromatic N) is 1. The average molecular weight is 328 g/mol. The quantitative estimate of drug-likeness (QED) is 0.797. The fourth-order valence-corrected chi connectivity index (χ4v) is 2.79. The number of rotatable bonds is 4. The Morgan fingerprint density at radius 3 is 2.74 bits per heavy atom. The minimum Gasteiger partial charge on any atom is -0.469 e. The van der Waals surface area contributed by atoms with Crippen molar-refractivity contribution in [3.8, 4) is 0 Å². The Morgan fingerprint density at radius 2 is 2.11 bits per heavy atom. The first-order valence-corrected chi connectivity index (χ1v) is 7.27. The lowest BCUT2D eigenvalue weighted by Crippen LogP contribution is -2.26. The number of halogens is 1. The van der Waals surface area contributed by atoms with Crippen LogP contribution in [0.3, 0.4) is 0 Å². The number of methoxy groups -OCH3 is 1. The first-order chi connectivity index (χ1) is 9.19. The molecule has 104 valence electrons. The number of esters is 1. The maximum atomic E-state index is 11.4. The molecule has 1 aliphatic rings. The fraction of sp³-hybridized carbons (Fsp3) is 0.571. The SMILES string of the molecule is COC(=O)C1CCC(OCc2cncc(Br)c2)CC1. The predicted molar refractivity (Wildman–Crippen MR) is 74.5 cm³/mol. The number of hydrogen-bond donors (Lipinski definition) is 0. The number of carbonyl (C=O) groups is 1. The van der Waals surface area contributed by atoms with Crippen LogP contribution < -0.4 is 0 Å². The van der Waals surface area contributed by atoms with Crippen molar-refractivity contribution >= 4 is 21.9 Å². The van der Waals surface area contributed by atoms with Crippen molar-refractivity contribution in [3.05, 3.63) is 28.5 Å². The molecular formula is C14H18BrNO3. The lowest BCUT2D eigenvalue weighted by Gasteiger charge is -2.26. The summed E-state index contributed by atoms with van der Waals surface area (Å²) >= 11 is 3.39. The molecule has 1 aromatic rings. The monoisotopic (exact) mass is 327 g/mol. The second-order valence-corrected chi connectivity index (χ2v) is 5.73. The molecule has 0 unspecified atom stereocenters. The van der Waals surface area contributed by atoms with Gasteiger partial charge in [-0.15, -0.1) is 0 Å². The van der Waals surface area contributed by atoms with Crippen LogP contribution in [0.25, 0.3) is 0 Å². The third kappa shape index (κ3) is 4.28. The molecule has 0 N–H and O–H groups in total. The Kier molecular flexibility index (Phi) is 5.34. The lowest BCUT2D eigenvalue weighted by atomic mass is 9.87. The van der Waals surface area contributed by atoms with E-state index in [0.717, 1.165) is 35.7 Å². The zero-order valence-corrected chi connectivity index (χ0v) is 12.6. The molecule has 19 heavy (non-hydrogen) atoms. The van der Waals surface area contributed by atoms with Crippen LogP contribution in [0, 0.1) is 5.92 Å². The van der Waals surface area contributed by atoms with Crippen molar-refractivity contribution in [2.24, 2.45) is 5.92 Å². The maximum absolute atomic E-state index is 11.4. The molecule has 2 rings (SSSR count). The van der Waals surface area contributed by atoms with Gasteiger partial charge < -0.3 is 9.47 Å². The molecule has 0 radical (unpaired) electrons. The van der Waals surface area contributed by atoms with Crippen LogP contribution >= 0.6 is 15.9 Å². The highest BCUT2D eigenvalue weighted by atomic mass is 79.9. The van der Waals surface area contributed by atoms with Crippen LogP contribution in [-0.4, -0.2) is 24.2 Å². The molecular weight excluding hydrogens is 310 g/mol. The Balaban J connectivity index is 1.75. The summed E-state index contributed by atoms with van der Waals surface area (Å²) < 4.78 is 11.6. The number of pyridine rings is 1. The Labute approximate surface area is 121 Å². The van der Waals surface area contributed by atoms with Gasteiger partial charge in [0.1, 0.15) is 0 Å². The summed E-state index contributed by atoms with van der Waals surface area (Å²) in [4.78, 5) is 15.5. The molecule has 0 aliphatic heterocycles. The maximum Gasteiger partial charge on any atom is 0.308 e. The van der Waals surface area contributed by atoms with Gasteiger partial charge in [-0.1, -0.05) is 0 Å². The molecule has 0 amide bonds. The van der Waals surface area contributed by atoms with Crippen LogP contribution in [0.5, 0.6) is 0 Å². The topological polar surface area (TPSA) is 48.4 Å². The Hall–Kier alpha value is -0.940. The largest absolute Gasteiger partial charge is 0.469 e. The smallest absolute Gasteiger partial charge is 0.308 e. The van der Waals surface area contributed by atoms with Gasteiger partial charge in [-0.3, -0.25) is 9.78 Å². The zero-order chi connectivity index (χ0) is 13.7. The number of aromatic nitrogens is 1. The summed E-state index contributed by atoms with van der Waals surface area (Å²) in [5, 5.41) is 0. The number of ether oxygens (including phenoxy) is 2. The van der Waals surface area contributed by atoms with E-state index in [2.05, 4.69) is 20.9 Å². The summed E-state index contributed by atoms with van der Waals surface area (Å²) in [5.74, 6) is -0.0352. The van der Waals surface area contributed by atoms with E-state index in [4.69, 9.17) is 9.47 Å². The summed E-state index contributed by atoms with van der Waals surface area (Å²) in [5.41, 5.74) is 1.06.